The summed E-state index contributed by atoms with van der Waals surface area (Å²) in [7, 11) is 0. The molecule has 0 aliphatic heterocycles. The summed E-state index contributed by atoms with van der Waals surface area (Å²) in [4.78, 5) is 23.1. The van der Waals surface area contributed by atoms with Crippen molar-refractivity contribution in [3.05, 3.63) is 85.1 Å². The molecule has 1 unspecified atom stereocenters. The Balaban J connectivity index is 4.20. The molecule has 4 heteroatoms. The number of carbonyl (C=O) groups excluding carboxylic acids is 1. The number of ether oxygens (including phenoxy) is 1. The number of carbonyl (C=O) groups is 2. The minimum atomic E-state index is -0.740. The van der Waals surface area contributed by atoms with Crippen molar-refractivity contribution in [3.8, 4) is 0 Å². The molecule has 4 nitrogen and oxygen atoms in total. The zero-order chi connectivity index (χ0) is 30.1. The summed E-state index contributed by atoms with van der Waals surface area (Å²) in [6.45, 7) is 4.34. The lowest BCUT2D eigenvalue weighted by atomic mass is 10.1. The minimum absolute atomic E-state index is 0.142. The molecule has 0 aliphatic rings. The van der Waals surface area contributed by atoms with Crippen molar-refractivity contribution in [2.45, 2.75) is 136 Å². The third-order valence-electron chi connectivity index (χ3n) is 6.34. The first-order valence-corrected chi connectivity index (χ1v) is 16.1. The SMILES string of the molecule is CC/C=C\C/C=C\C/C=C\C/C=C\C/C=C\CCCC(=O)OC(/C=C\C/C=C\CCCC)CCCCCCC(=O)O. The van der Waals surface area contributed by atoms with Crippen LogP contribution in [0.25, 0.3) is 0 Å². The minimum Gasteiger partial charge on any atom is -0.481 e. The fraction of sp³-hybridized carbons (Fsp3) is 0.568. The Labute approximate surface area is 251 Å². The van der Waals surface area contributed by atoms with Gasteiger partial charge in [0.1, 0.15) is 6.10 Å². The molecule has 0 aromatic carbocycles. The highest BCUT2D eigenvalue weighted by Gasteiger charge is 2.11. The second-order valence-electron chi connectivity index (χ2n) is 10.3. The summed E-state index contributed by atoms with van der Waals surface area (Å²) in [5.41, 5.74) is 0. The highest BCUT2D eigenvalue weighted by atomic mass is 16.5. The van der Waals surface area contributed by atoms with Crippen LogP contribution in [0.2, 0.25) is 0 Å². The first-order valence-electron chi connectivity index (χ1n) is 16.1. The van der Waals surface area contributed by atoms with Crippen molar-refractivity contribution in [2.24, 2.45) is 0 Å². The second kappa shape index (κ2) is 31.6. The molecule has 0 saturated heterocycles. The fourth-order valence-electron chi connectivity index (χ4n) is 3.98. The zero-order valence-corrected chi connectivity index (χ0v) is 26.1. The topological polar surface area (TPSA) is 63.6 Å². The van der Waals surface area contributed by atoms with E-state index in [-0.39, 0.29) is 18.5 Å². The van der Waals surface area contributed by atoms with Gasteiger partial charge in [0.2, 0.25) is 0 Å². The van der Waals surface area contributed by atoms with Crippen molar-refractivity contribution in [1.29, 1.82) is 0 Å². The van der Waals surface area contributed by atoms with Gasteiger partial charge in [-0.3, -0.25) is 9.59 Å². The first-order chi connectivity index (χ1) is 20.1. The average Bonchev–Trinajstić information content (AvgIpc) is 2.95. The lowest BCUT2D eigenvalue weighted by Crippen LogP contribution is -2.16. The molecule has 0 fully saturated rings. The van der Waals surface area contributed by atoms with Gasteiger partial charge in [0.15, 0.2) is 0 Å². The average molecular weight is 567 g/mol. The largest absolute Gasteiger partial charge is 0.481 e. The molecular weight excluding hydrogens is 508 g/mol. The molecule has 0 heterocycles. The lowest BCUT2D eigenvalue weighted by molar-refractivity contribution is -0.147. The molecule has 0 aliphatic carbocycles. The monoisotopic (exact) mass is 566 g/mol. The fourth-order valence-corrected chi connectivity index (χ4v) is 3.98. The van der Waals surface area contributed by atoms with E-state index >= 15 is 0 Å². The maximum absolute atomic E-state index is 12.4. The van der Waals surface area contributed by atoms with Gasteiger partial charge in [-0.15, -0.1) is 0 Å². The summed E-state index contributed by atoms with van der Waals surface area (Å²) in [5.74, 6) is -0.882. The molecule has 0 amide bonds. The number of hydrogen-bond acceptors (Lipinski definition) is 3. The molecule has 0 saturated carbocycles. The molecule has 1 N–H and O–H groups in total. The Bertz CT molecular complexity index is 826. The van der Waals surface area contributed by atoms with Crippen LogP contribution < -0.4 is 0 Å². The molecule has 41 heavy (non-hydrogen) atoms. The Morgan fingerprint density at radius 2 is 1.10 bits per heavy atom. The van der Waals surface area contributed by atoms with Gasteiger partial charge < -0.3 is 9.84 Å². The molecule has 1 atom stereocenters. The number of carboxylic acid groups (broad SMARTS) is 1. The van der Waals surface area contributed by atoms with Gasteiger partial charge in [0.25, 0.3) is 0 Å². The van der Waals surface area contributed by atoms with Crippen molar-refractivity contribution in [2.75, 3.05) is 0 Å². The van der Waals surface area contributed by atoms with Crippen LogP contribution in [0, 0.1) is 0 Å². The van der Waals surface area contributed by atoms with Crippen LogP contribution in [0.3, 0.4) is 0 Å². The zero-order valence-electron chi connectivity index (χ0n) is 26.1. The normalized spacial score (nSPS) is 13.4. The van der Waals surface area contributed by atoms with Gasteiger partial charge in [-0.1, -0.05) is 119 Å². The van der Waals surface area contributed by atoms with Crippen molar-refractivity contribution >= 4 is 11.9 Å². The number of aliphatic carboxylic acids is 1. The van der Waals surface area contributed by atoms with E-state index in [0.29, 0.717) is 12.8 Å². The Morgan fingerprint density at radius 1 is 0.585 bits per heavy atom. The molecular formula is C37H58O4. The van der Waals surface area contributed by atoms with Crippen LogP contribution in [0.4, 0.5) is 0 Å². The van der Waals surface area contributed by atoms with Gasteiger partial charge in [-0.05, 0) is 83.1 Å². The van der Waals surface area contributed by atoms with E-state index in [1.165, 1.54) is 12.8 Å². The molecule has 0 rings (SSSR count). The van der Waals surface area contributed by atoms with Gasteiger partial charge in [-0.25, -0.2) is 0 Å². The summed E-state index contributed by atoms with van der Waals surface area (Å²) >= 11 is 0. The standard InChI is InChI=1S/C37H58O4/c1-3-5-7-9-11-12-13-14-15-16-17-18-19-20-22-24-30-34-37(40)41-35(31-27-23-21-10-8-6-4-2)32-28-25-26-29-33-36(38)39/h5,7,10-12,14-15,17-18,20-22,27,31,35H,3-4,6,8-9,13,16,19,23-26,28-30,32-34H2,1-2H3,(H,38,39)/b7-5-,12-11-,15-14-,18-17-,21-10-,22-20-,31-27-. The van der Waals surface area contributed by atoms with Gasteiger partial charge in [0, 0.05) is 12.8 Å². The van der Waals surface area contributed by atoms with Gasteiger partial charge >= 0.3 is 11.9 Å². The number of esters is 1. The third kappa shape index (κ3) is 31.5. The van der Waals surface area contributed by atoms with Gasteiger partial charge in [0.05, 0.1) is 0 Å². The van der Waals surface area contributed by atoms with E-state index in [9.17, 15) is 9.59 Å². The molecule has 0 aromatic rings. The number of unbranched alkanes of at least 4 members (excludes halogenated alkanes) is 6. The third-order valence-corrected chi connectivity index (χ3v) is 6.34. The van der Waals surface area contributed by atoms with Crippen molar-refractivity contribution < 1.29 is 19.4 Å². The van der Waals surface area contributed by atoms with Crippen LogP contribution in [-0.4, -0.2) is 23.1 Å². The van der Waals surface area contributed by atoms with E-state index in [1.54, 1.807) is 0 Å². The van der Waals surface area contributed by atoms with E-state index in [2.05, 4.69) is 92.8 Å². The molecule has 0 radical (unpaired) electrons. The Morgan fingerprint density at radius 3 is 1.66 bits per heavy atom. The van der Waals surface area contributed by atoms with E-state index in [1.807, 2.05) is 6.08 Å². The highest BCUT2D eigenvalue weighted by Crippen LogP contribution is 2.13. The van der Waals surface area contributed by atoms with Crippen molar-refractivity contribution in [3.63, 3.8) is 0 Å². The molecule has 0 aromatic heterocycles. The number of carboxylic acids is 1. The number of rotatable bonds is 27. The Hall–Kier alpha value is -2.88. The van der Waals surface area contributed by atoms with E-state index in [4.69, 9.17) is 9.84 Å². The predicted octanol–water partition coefficient (Wildman–Crippen LogP) is 10.9. The van der Waals surface area contributed by atoms with Crippen molar-refractivity contribution in [1.82, 2.24) is 0 Å². The Kier molecular flexibility index (Phi) is 29.4. The quantitative estimate of drug-likeness (QED) is 0.0610. The van der Waals surface area contributed by atoms with Crippen LogP contribution in [0.5, 0.6) is 0 Å². The smallest absolute Gasteiger partial charge is 0.306 e. The second-order valence-corrected chi connectivity index (χ2v) is 10.3. The van der Waals surface area contributed by atoms with Crippen LogP contribution in [0.15, 0.2) is 85.1 Å². The number of allylic oxidation sites excluding steroid dienone is 13. The highest BCUT2D eigenvalue weighted by molar-refractivity contribution is 5.69. The van der Waals surface area contributed by atoms with Crippen LogP contribution in [0.1, 0.15) is 129 Å². The van der Waals surface area contributed by atoms with Crippen LogP contribution >= 0.6 is 0 Å². The molecule has 230 valence electrons. The molecule has 0 spiro atoms. The summed E-state index contributed by atoms with van der Waals surface area (Å²) in [5, 5.41) is 8.78. The number of hydrogen-bond donors (Lipinski definition) is 1. The summed E-state index contributed by atoms with van der Waals surface area (Å²) < 4.78 is 5.78. The van der Waals surface area contributed by atoms with E-state index < -0.39 is 5.97 Å². The molecule has 0 bridgehead atoms. The predicted molar refractivity (Wildman–Crippen MR) is 176 cm³/mol. The van der Waals surface area contributed by atoms with Crippen LogP contribution in [-0.2, 0) is 14.3 Å². The maximum atomic E-state index is 12.4. The van der Waals surface area contributed by atoms with E-state index in [0.717, 1.165) is 83.5 Å². The first kappa shape index (κ1) is 38.1. The lowest BCUT2D eigenvalue weighted by Gasteiger charge is -2.14. The summed E-state index contributed by atoms with van der Waals surface area (Å²) in [6, 6.07) is 0. The van der Waals surface area contributed by atoms with Gasteiger partial charge in [-0.2, -0.15) is 0 Å². The summed E-state index contributed by atoms with van der Waals surface area (Å²) in [6.07, 6.45) is 46.0. The maximum Gasteiger partial charge on any atom is 0.306 e.